The number of hydrogen-bond acceptors (Lipinski definition) is 3. The fraction of sp³-hybridized carbons (Fsp3) is 0. The molecule has 0 aliphatic heterocycles. The molecule has 0 saturated carbocycles. The Kier molecular flexibility index (Phi) is 10.1. The molecular weight excluding hydrogens is 781 g/mol. The van der Waals surface area contributed by atoms with E-state index in [1.54, 1.807) is 0 Å². The van der Waals surface area contributed by atoms with Gasteiger partial charge < -0.3 is 9.80 Å². The van der Waals surface area contributed by atoms with E-state index in [0.29, 0.717) is 0 Å². The molecule has 0 bridgehead atoms. The van der Waals surface area contributed by atoms with Gasteiger partial charge in [-0.1, -0.05) is 200 Å². The molecule has 0 spiro atoms. The number of fused-ring (bicyclic) bond motifs is 3. The molecule has 11 rings (SSSR count). The van der Waals surface area contributed by atoms with Crippen LogP contribution >= 0.6 is 11.3 Å². The third-order valence-corrected chi connectivity index (χ3v) is 13.0. The molecular formula is C60H42N2S. The maximum absolute atomic E-state index is 2.48. The Morgan fingerprint density at radius 1 is 0.254 bits per heavy atom. The Bertz CT molecular complexity index is 3270. The summed E-state index contributed by atoms with van der Waals surface area (Å²) in [6, 6.07) is 92.1. The van der Waals surface area contributed by atoms with Gasteiger partial charge in [-0.05, 0) is 76.9 Å². The van der Waals surface area contributed by atoms with Gasteiger partial charge in [0.1, 0.15) is 0 Å². The molecule has 0 aliphatic rings. The van der Waals surface area contributed by atoms with E-state index in [1.807, 2.05) is 11.3 Å². The molecule has 1 aromatic heterocycles. The van der Waals surface area contributed by atoms with Gasteiger partial charge in [0.05, 0.1) is 28.4 Å². The van der Waals surface area contributed by atoms with Crippen molar-refractivity contribution in [3.05, 3.63) is 255 Å². The summed E-state index contributed by atoms with van der Waals surface area (Å²) >= 11 is 1.85. The number of benzene rings is 10. The molecule has 0 fully saturated rings. The molecule has 2 nitrogen and oxygen atoms in total. The first-order valence-electron chi connectivity index (χ1n) is 21.4. The Balaban J connectivity index is 1.15. The van der Waals surface area contributed by atoms with Crippen molar-refractivity contribution in [2.24, 2.45) is 0 Å². The van der Waals surface area contributed by atoms with Crippen molar-refractivity contribution in [1.29, 1.82) is 0 Å². The number of para-hydroxylation sites is 4. The summed E-state index contributed by atoms with van der Waals surface area (Å²) in [5.41, 5.74) is 15.9. The van der Waals surface area contributed by atoms with E-state index in [4.69, 9.17) is 0 Å². The van der Waals surface area contributed by atoms with Crippen LogP contribution in [0.4, 0.5) is 34.1 Å². The van der Waals surface area contributed by atoms with Gasteiger partial charge in [0, 0.05) is 48.1 Å². The van der Waals surface area contributed by atoms with Crippen molar-refractivity contribution in [2.45, 2.75) is 0 Å². The van der Waals surface area contributed by atoms with E-state index < -0.39 is 0 Å². The normalized spacial score (nSPS) is 11.2. The first-order valence-corrected chi connectivity index (χ1v) is 22.3. The second-order valence-corrected chi connectivity index (χ2v) is 16.7. The maximum atomic E-state index is 2.48. The van der Waals surface area contributed by atoms with Crippen molar-refractivity contribution in [1.82, 2.24) is 0 Å². The molecule has 0 unspecified atom stereocenters. The Morgan fingerprint density at radius 3 is 1.14 bits per heavy atom. The maximum Gasteiger partial charge on any atom is 0.0555 e. The van der Waals surface area contributed by atoms with Gasteiger partial charge in [0.15, 0.2) is 0 Å². The topological polar surface area (TPSA) is 6.48 Å². The fourth-order valence-electron chi connectivity index (χ4n) is 9.06. The number of hydrogen-bond donors (Lipinski definition) is 0. The van der Waals surface area contributed by atoms with Crippen LogP contribution < -0.4 is 9.80 Å². The summed E-state index contributed by atoms with van der Waals surface area (Å²) in [6.07, 6.45) is 0. The third kappa shape index (κ3) is 7.15. The largest absolute Gasteiger partial charge is 0.309 e. The van der Waals surface area contributed by atoms with Gasteiger partial charge in [-0.3, -0.25) is 0 Å². The predicted octanol–water partition coefficient (Wildman–Crippen LogP) is 17.7. The molecule has 0 N–H and O–H groups in total. The number of rotatable bonds is 10. The lowest BCUT2D eigenvalue weighted by Crippen LogP contribution is -2.14. The van der Waals surface area contributed by atoms with Gasteiger partial charge in [-0.2, -0.15) is 0 Å². The van der Waals surface area contributed by atoms with Crippen LogP contribution in [0.5, 0.6) is 0 Å². The van der Waals surface area contributed by atoms with Crippen LogP contribution in [0, 0.1) is 0 Å². The summed E-state index contributed by atoms with van der Waals surface area (Å²) in [5.74, 6) is 0. The summed E-state index contributed by atoms with van der Waals surface area (Å²) in [4.78, 5) is 4.94. The monoisotopic (exact) mass is 822 g/mol. The number of anilines is 6. The van der Waals surface area contributed by atoms with E-state index in [-0.39, 0.29) is 0 Å². The first kappa shape index (κ1) is 38.0. The Labute approximate surface area is 372 Å². The van der Waals surface area contributed by atoms with Crippen LogP contribution in [0.3, 0.4) is 0 Å². The van der Waals surface area contributed by atoms with Crippen molar-refractivity contribution in [3.8, 4) is 44.5 Å². The Morgan fingerprint density at radius 2 is 0.619 bits per heavy atom. The van der Waals surface area contributed by atoms with Crippen molar-refractivity contribution >= 4 is 65.6 Å². The van der Waals surface area contributed by atoms with E-state index in [1.165, 1.54) is 31.3 Å². The van der Waals surface area contributed by atoms with Gasteiger partial charge in [-0.25, -0.2) is 0 Å². The summed E-state index contributed by atoms with van der Waals surface area (Å²) in [6.45, 7) is 0. The molecule has 11 aromatic rings. The van der Waals surface area contributed by atoms with Crippen LogP contribution in [-0.2, 0) is 0 Å². The van der Waals surface area contributed by atoms with E-state index in [0.717, 1.165) is 67.5 Å². The van der Waals surface area contributed by atoms with Crippen molar-refractivity contribution in [3.63, 3.8) is 0 Å². The second-order valence-electron chi connectivity index (χ2n) is 15.6. The molecule has 298 valence electrons. The molecule has 0 saturated heterocycles. The SMILES string of the molecule is c1ccc(-c2ccccc2N(c2ccccc2-c2ccccc2)c2ccccc2-c2cccc(N(c3ccccc3-c3ccccc3)c3cccc4sc5ccccc5c34)c2)cc1. The minimum absolute atomic E-state index is 1.08. The fourth-order valence-corrected chi connectivity index (χ4v) is 10.2. The van der Waals surface area contributed by atoms with Gasteiger partial charge in [-0.15, -0.1) is 11.3 Å². The van der Waals surface area contributed by atoms with Gasteiger partial charge in [0.2, 0.25) is 0 Å². The third-order valence-electron chi connectivity index (χ3n) is 11.9. The highest BCUT2D eigenvalue weighted by Gasteiger charge is 2.25. The quantitative estimate of drug-likeness (QED) is 0.136. The minimum Gasteiger partial charge on any atom is -0.309 e. The molecule has 3 heteroatoms. The zero-order valence-corrected chi connectivity index (χ0v) is 35.4. The van der Waals surface area contributed by atoms with Gasteiger partial charge >= 0.3 is 0 Å². The smallest absolute Gasteiger partial charge is 0.0555 e. The number of thiophene rings is 1. The molecule has 0 amide bonds. The van der Waals surface area contributed by atoms with Crippen molar-refractivity contribution in [2.75, 3.05) is 9.80 Å². The summed E-state index contributed by atoms with van der Waals surface area (Å²) in [7, 11) is 0. The van der Waals surface area contributed by atoms with Crippen LogP contribution in [-0.4, -0.2) is 0 Å². The standard InChI is InChI=1S/C60H42N2S/c1-4-22-43(23-5-1)48-30-10-15-35-53(48)61(57-39-21-41-59-60(57)52-34-14-19-40-58(52)63-59)47-29-20-28-46(42-47)51-33-13-18-38-56(51)62(54-36-16-11-31-49(54)44-24-6-2-7-25-44)55-37-17-12-32-50(55)45-26-8-3-9-27-45/h1-42H. The molecule has 1 heterocycles. The highest BCUT2D eigenvalue weighted by atomic mass is 32.1. The van der Waals surface area contributed by atoms with Crippen LogP contribution in [0.15, 0.2) is 255 Å². The van der Waals surface area contributed by atoms with E-state index in [2.05, 4.69) is 265 Å². The lowest BCUT2D eigenvalue weighted by molar-refractivity contribution is 1.28. The molecule has 0 atom stereocenters. The lowest BCUT2D eigenvalue weighted by Gasteiger charge is -2.32. The second kappa shape index (κ2) is 16.8. The van der Waals surface area contributed by atoms with Crippen LogP contribution in [0.2, 0.25) is 0 Å². The van der Waals surface area contributed by atoms with Crippen LogP contribution in [0.25, 0.3) is 64.7 Å². The Hall–Kier alpha value is -7.98. The summed E-state index contributed by atoms with van der Waals surface area (Å²) < 4.78 is 2.55. The molecule has 63 heavy (non-hydrogen) atoms. The minimum atomic E-state index is 1.08. The zero-order chi connectivity index (χ0) is 42.0. The molecule has 0 radical (unpaired) electrons. The molecule has 0 aliphatic carbocycles. The predicted molar refractivity (Wildman–Crippen MR) is 270 cm³/mol. The van der Waals surface area contributed by atoms with Gasteiger partial charge in [0.25, 0.3) is 0 Å². The van der Waals surface area contributed by atoms with Crippen molar-refractivity contribution < 1.29 is 0 Å². The van der Waals surface area contributed by atoms with E-state index >= 15 is 0 Å². The summed E-state index contributed by atoms with van der Waals surface area (Å²) in [5, 5.41) is 2.52. The number of nitrogens with zero attached hydrogens (tertiary/aromatic N) is 2. The lowest BCUT2D eigenvalue weighted by atomic mass is 9.96. The molecule has 10 aromatic carbocycles. The zero-order valence-electron chi connectivity index (χ0n) is 34.6. The average molecular weight is 823 g/mol. The average Bonchev–Trinajstić information content (AvgIpc) is 3.75. The highest BCUT2D eigenvalue weighted by molar-refractivity contribution is 7.26. The highest BCUT2D eigenvalue weighted by Crippen LogP contribution is 2.50. The first-order chi connectivity index (χ1) is 31.3. The van der Waals surface area contributed by atoms with E-state index in [9.17, 15) is 0 Å². The van der Waals surface area contributed by atoms with Crippen LogP contribution in [0.1, 0.15) is 0 Å².